The Kier molecular flexibility index (Phi) is 4.66. The largest absolute Gasteiger partial charge is 0.296 e. The first-order chi connectivity index (χ1) is 8.88. The van der Waals surface area contributed by atoms with Crippen molar-refractivity contribution in [1.82, 2.24) is 9.21 Å². The van der Waals surface area contributed by atoms with Crippen molar-refractivity contribution in [2.45, 2.75) is 19.5 Å². The minimum Gasteiger partial charge on any atom is -0.296 e. The molecule has 6 heteroatoms. The minimum absolute atomic E-state index is 0.0336. The predicted molar refractivity (Wildman–Crippen MR) is 80.4 cm³/mol. The number of sulfonamides is 1. The Morgan fingerprint density at radius 3 is 2.58 bits per heavy atom. The second-order valence-corrected chi connectivity index (χ2v) is 7.84. The molecular formula is C13H19BrN2O2S. The van der Waals surface area contributed by atoms with E-state index in [2.05, 4.69) is 26.9 Å². The third-order valence-electron chi connectivity index (χ3n) is 3.43. The number of rotatable bonds is 3. The average Bonchev–Trinajstić information content (AvgIpc) is 2.30. The quantitative estimate of drug-likeness (QED) is 0.839. The van der Waals surface area contributed by atoms with Gasteiger partial charge in [0.1, 0.15) is 0 Å². The molecule has 1 saturated heterocycles. The predicted octanol–water partition coefficient (Wildman–Crippen LogP) is 1.91. The first kappa shape index (κ1) is 15.0. The summed E-state index contributed by atoms with van der Waals surface area (Å²) in [5.41, 5.74) is 1.24. The Morgan fingerprint density at radius 2 is 2.00 bits per heavy atom. The molecule has 1 atom stereocenters. The minimum atomic E-state index is -3.08. The van der Waals surface area contributed by atoms with Crippen molar-refractivity contribution in [3.63, 3.8) is 0 Å². The topological polar surface area (TPSA) is 40.6 Å². The first-order valence-corrected chi connectivity index (χ1v) is 8.94. The normalized spacial score (nSPS) is 22.6. The van der Waals surface area contributed by atoms with Gasteiger partial charge >= 0.3 is 0 Å². The summed E-state index contributed by atoms with van der Waals surface area (Å²) in [7, 11) is -3.08. The van der Waals surface area contributed by atoms with Crippen LogP contribution in [0.3, 0.4) is 0 Å². The lowest BCUT2D eigenvalue weighted by atomic mass is 10.1. The molecule has 0 aromatic heterocycles. The molecule has 0 aliphatic carbocycles. The summed E-state index contributed by atoms with van der Waals surface area (Å²) in [6.07, 6.45) is 1.28. The van der Waals surface area contributed by atoms with Gasteiger partial charge in [0.2, 0.25) is 10.0 Å². The van der Waals surface area contributed by atoms with Crippen LogP contribution in [0, 0.1) is 0 Å². The number of piperazine rings is 1. The van der Waals surface area contributed by atoms with E-state index >= 15 is 0 Å². The second kappa shape index (κ2) is 5.91. The molecule has 19 heavy (non-hydrogen) atoms. The summed E-state index contributed by atoms with van der Waals surface area (Å²) >= 11 is 3.55. The summed E-state index contributed by atoms with van der Waals surface area (Å²) in [6, 6.07) is 8.18. The van der Waals surface area contributed by atoms with Crippen LogP contribution in [0.5, 0.6) is 0 Å². The van der Waals surface area contributed by atoms with Gasteiger partial charge in [-0.2, -0.15) is 4.31 Å². The Labute approximate surface area is 123 Å². The van der Waals surface area contributed by atoms with Crippen molar-refractivity contribution in [3.8, 4) is 0 Å². The van der Waals surface area contributed by atoms with Gasteiger partial charge in [-0.05, 0) is 18.6 Å². The summed E-state index contributed by atoms with van der Waals surface area (Å²) < 4.78 is 25.9. The van der Waals surface area contributed by atoms with E-state index in [0.717, 1.165) is 24.1 Å². The molecule has 0 spiro atoms. The fourth-order valence-corrected chi connectivity index (χ4v) is 4.06. The molecule has 1 aliphatic heterocycles. The van der Waals surface area contributed by atoms with Crippen molar-refractivity contribution in [3.05, 3.63) is 34.3 Å². The Hall–Kier alpha value is -0.430. The fourth-order valence-electron chi connectivity index (χ4n) is 2.52. The maximum atomic E-state index is 11.6. The van der Waals surface area contributed by atoms with Crippen LogP contribution in [0.4, 0.5) is 0 Å². The maximum absolute atomic E-state index is 11.6. The van der Waals surface area contributed by atoms with Gasteiger partial charge in [0.15, 0.2) is 0 Å². The van der Waals surface area contributed by atoms with Crippen molar-refractivity contribution in [2.24, 2.45) is 0 Å². The number of halogens is 1. The van der Waals surface area contributed by atoms with E-state index in [9.17, 15) is 8.42 Å². The molecule has 1 aromatic rings. The van der Waals surface area contributed by atoms with E-state index in [-0.39, 0.29) is 6.04 Å². The van der Waals surface area contributed by atoms with Gasteiger partial charge in [-0.25, -0.2) is 8.42 Å². The lowest BCUT2D eigenvalue weighted by molar-refractivity contribution is 0.138. The van der Waals surface area contributed by atoms with E-state index in [0.29, 0.717) is 6.54 Å². The van der Waals surface area contributed by atoms with Crippen LogP contribution in [-0.2, 0) is 16.6 Å². The zero-order valence-corrected chi connectivity index (χ0v) is 13.6. The SMILES string of the molecule is C[C@H]1CN(Cc2ccccc2Br)CCN1S(C)(=O)=O. The van der Waals surface area contributed by atoms with E-state index < -0.39 is 10.0 Å². The van der Waals surface area contributed by atoms with Gasteiger partial charge in [-0.1, -0.05) is 34.1 Å². The second-order valence-electron chi connectivity index (χ2n) is 5.05. The zero-order chi connectivity index (χ0) is 14.0. The van der Waals surface area contributed by atoms with E-state index in [1.807, 2.05) is 25.1 Å². The van der Waals surface area contributed by atoms with Crippen LogP contribution in [0.2, 0.25) is 0 Å². The van der Waals surface area contributed by atoms with Gasteiger partial charge in [-0.15, -0.1) is 0 Å². The van der Waals surface area contributed by atoms with Gasteiger partial charge in [0.05, 0.1) is 6.26 Å². The smallest absolute Gasteiger partial charge is 0.211 e. The van der Waals surface area contributed by atoms with Crippen LogP contribution in [0.1, 0.15) is 12.5 Å². The Bertz CT molecular complexity index is 547. The van der Waals surface area contributed by atoms with Gasteiger partial charge in [0.25, 0.3) is 0 Å². The molecule has 0 unspecified atom stereocenters. The van der Waals surface area contributed by atoms with Crippen LogP contribution in [-0.4, -0.2) is 49.6 Å². The Balaban J connectivity index is 2.02. The highest BCUT2D eigenvalue weighted by atomic mass is 79.9. The lowest BCUT2D eigenvalue weighted by Gasteiger charge is -2.38. The molecule has 2 rings (SSSR count). The van der Waals surface area contributed by atoms with E-state index in [1.165, 1.54) is 11.8 Å². The molecular weight excluding hydrogens is 328 g/mol. The van der Waals surface area contributed by atoms with Gasteiger partial charge in [-0.3, -0.25) is 4.90 Å². The standard InChI is InChI=1S/C13H19BrN2O2S/c1-11-9-15(7-8-16(11)19(2,17)18)10-12-5-3-4-6-13(12)14/h3-6,11H,7-10H2,1-2H3/t11-/m0/s1. The maximum Gasteiger partial charge on any atom is 0.211 e. The van der Waals surface area contributed by atoms with Crippen LogP contribution < -0.4 is 0 Å². The first-order valence-electron chi connectivity index (χ1n) is 6.30. The molecule has 0 saturated carbocycles. The number of hydrogen-bond donors (Lipinski definition) is 0. The monoisotopic (exact) mass is 346 g/mol. The molecule has 0 bridgehead atoms. The molecule has 0 radical (unpaired) electrons. The third kappa shape index (κ3) is 3.78. The number of nitrogens with zero attached hydrogens (tertiary/aromatic N) is 2. The van der Waals surface area contributed by atoms with Crippen LogP contribution in [0.15, 0.2) is 28.7 Å². The molecule has 1 aromatic carbocycles. The summed E-state index contributed by atoms with van der Waals surface area (Å²) in [6.45, 7) is 4.94. The third-order valence-corrected chi connectivity index (χ3v) is 5.60. The number of benzene rings is 1. The highest BCUT2D eigenvalue weighted by Crippen LogP contribution is 2.20. The molecule has 1 fully saturated rings. The zero-order valence-electron chi connectivity index (χ0n) is 11.2. The van der Waals surface area contributed by atoms with Crippen molar-refractivity contribution in [2.75, 3.05) is 25.9 Å². The van der Waals surface area contributed by atoms with Gasteiger partial charge < -0.3 is 0 Å². The average molecular weight is 347 g/mol. The molecule has 1 heterocycles. The molecule has 4 nitrogen and oxygen atoms in total. The molecule has 106 valence electrons. The molecule has 1 aliphatic rings. The van der Waals surface area contributed by atoms with Crippen LogP contribution in [0.25, 0.3) is 0 Å². The number of hydrogen-bond acceptors (Lipinski definition) is 3. The molecule has 0 amide bonds. The summed E-state index contributed by atoms with van der Waals surface area (Å²) in [4.78, 5) is 2.30. The summed E-state index contributed by atoms with van der Waals surface area (Å²) in [5.74, 6) is 0. The highest BCUT2D eigenvalue weighted by molar-refractivity contribution is 9.10. The van der Waals surface area contributed by atoms with Crippen LogP contribution >= 0.6 is 15.9 Å². The lowest BCUT2D eigenvalue weighted by Crippen LogP contribution is -2.53. The van der Waals surface area contributed by atoms with Gasteiger partial charge in [0, 0.05) is 36.7 Å². The fraction of sp³-hybridized carbons (Fsp3) is 0.538. The Morgan fingerprint density at radius 1 is 1.32 bits per heavy atom. The van der Waals surface area contributed by atoms with Crippen molar-refractivity contribution >= 4 is 26.0 Å². The molecule has 0 N–H and O–H groups in total. The van der Waals surface area contributed by atoms with E-state index in [4.69, 9.17) is 0 Å². The highest BCUT2D eigenvalue weighted by Gasteiger charge is 2.29. The van der Waals surface area contributed by atoms with Crippen molar-refractivity contribution < 1.29 is 8.42 Å². The van der Waals surface area contributed by atoms with Crippen molar-refractivity contribution in [1.29, 1.82) is 0 Å². The summed E-state index contributed by atoms with van der Waals surface area (Å²) in [5, 5.41) is 0. The van der Waals surface area contributed by atoms with E-state index in [1.54, 1.807) is 4.31 Å².